The molecule has 1 aliphatic carbocycles. The van der Waals surface area contributed by atoms with Gasteiger partial charge >= 0.3 is 5.97 Å². The predicted octanol–water partition coefficient (Wildman–Crippen LogP) is 4.90. The molecule has 1 saturated heterocycles. The van der Waals surface area contributed by atoms with Crippen molar-refractivity contribution in [1.29, 1.82) is 0 Å². The first-order chi connectivity index (χ1) is 14.1. The minimum atomic E-state index is -0.836. The highest BCUT2D eigenvalue weighted by Gasteiger charge is 2.26. The Balaban J connectivity index is 1.34. The Morgan fingerprint density at radius 1 is 1.07 bits per heavy atom. The monoisotopic (exact) mass is 427 g/mol. The molecule has 152 valence electrons. The molecule has 2 aromatic carbocycles. The lowest BCUT2D eigenvalue weighted by Crippen LogP contribution is -2.39. The maximum Gasteiger partial charge on any atom is 0.338 e. The third kappa shape index (κ3) is 4.81. The van der Waals surface area contributed by atoms with E-state index in [1.165, 1.54) is 16.7 Å². The van der Waals surface area contributed by atoms with E-state index in [1.54, 1.807) is 19.1 Å². The molecule has 29 heavy (non-hydrogen) atoms. The van der Waals surface area contributed by atoms with Gasteiger partial charge in [-0.05, 0) is 55.0 Å². The SMILES string of the molecule is C[C@@H](OC(=O)c1ccc(C2SCCS2)cc1)C(=O)N[C@@H]1CCCc2ccccc21. The second-order valence-electron chi connectivity index (χ2n) is 7.40. The van der Waals surface area contributed by atoms with E-state index in [9.17, 15) is 9.59 Å². The summed E-state index contributed by atoms with van der Waals surface area (Å²) in [7, 11) is 0. The van der Waals surface area contributed by atoms with Crippen LogP contribution in [-0.4, -0.2) is 29.5 Å². The van der Waals surface area contributed by atoms with Crippen LogP contribution in [0.3, 0.4) is 0 Å². The number of amides is 1. The van der Waals surface area contributed by atoms with Gasteiger partial charge in [0.05, 0.1) is 16.2 Å². The Labute approximate surface area is 180 Å². The number of aryl methyl sites for hydroxylation is 1. The van der Waals surface area contributed by atoms with Crippen molar-refractivity contribution < 1.29 is 14.3 Å². The van der Waals surface area contributed by atoms with Crippen molar-refractivity contribution in [3.63, 3.8) is 0 Å². The molecule has 0 aromatic heterocycles. The average Bonchev–Trinajstić information content (AvgIpc) is 3.29. The average molecular weight is 428 g/mol. The van der Waals surface area contributed by atoms with Gasteiger partial charge in [0.2, 0.25) is 0 Å². The Bertz CT molecular complexity index is 878. The number of ether oxygens (including phenoxy) is 1. The van der Waals surface area contributed by atoms with Gasteiger partial charge in [-0.1, -0.05) is 36.4 Å². The predicted molar refractivity (Wildman–Crippen MR) is 119 cm³/mol. The van der Waals surface area contributed by atoms with Gasteiger partial charge < -0.3 is 10.1 Å². The summed E-state index contributed by atoms with van der Waals surface area (Å²) >= 11 is 3.86. The zero-order chi connectivity index (χ0) is 20.2. The van der Waals surface area contributed by atoms with Crippen LogP contribution >= 0.6 is 23.5 Å². The number of nitrogens with one attached hydrogen (secondary N) is 1. The molecule has 2 aromatic rings. The summed E-state index contributed by atoms with van der Waals surface area (Å²) in [4.78, 5) is 25.1. The van der Waals surface area contributed by atoms with Gasteiger partial charge in [-0.2, -0.15) is 0 Å². The molecular formula is C23H25NO3S2. The van der Waals surface area contributed by atoms with Crippen molar-refractivity contribution in [1.82, 2.24) is 5.32 Å². The summed E-state index contributed by atoms with van der Waals surface area (Å²) in [5.74, 6) is 1.61. The number of carbonyl (C=O) groups excluding carboxylic acids is 2. The smallest absolute Gasteiger partial charge is 0.338 e. The third-order valence-corrected chi connectivity index (χ3v) is 8.48. The highest BCUT2D eigenvalue weighted by molar-refractivity contribution is 8.19. The van der Waals surface area contributed by atoms with Gasteiger partial charge in [0.25, 0.3) is 5.91 Å². The number of fused-ring (bicyclic) bond motifs is 1. The second-order valence-corrected chi connectivity index (χ2v) is 10.1. The van der Waals surface area contributed by atoms with E-state index < -0.39 is 12.1 Å². The van der Waals surface area contributed by atoms with Gasteiger partial charge in [0, 0.05) is 11.5 Å². The van der Waals surface area contributed by atoms with Crippen molar-refractivity contribution in [2.45, 2.75) is 42.9 Å². The van der Waals surface area contributed by atoms with E-state index in [0.29, 0.717) is 10.1 Å². The van der Waals surface area contributed by atoms with Crippen LogP contribution in [0.25, 0.3) is 0 Å². The van der Waals surface area contributed by atoms with Crippen LogP contribution < -0.4 is 5.32 Å². The van der Waals surface area contributed by atoms with Gasteiger partial charge in [-0.25, -0.2) is 4.79 Å². The Morgan fingerprint density at radius 3 is 2.55 bits per heavy atom. The van der Waals surface area contributed by atoms with E-state index in [0.717, 1.165) is 30.8 Å². The molecule has 1 fully saturated rings. The fourth-order valence-corrected chi connectivity index (χ4v) is 6.66. The molecule has 0 saturated carbocycles. The highest BCUT2D eigenvalue weighted by atomic mass is 32.2. The number of rotatable bonds is 5. The zero-order valence-electron chi connectivity index (χ0n) is 16.4. The second kappa shape index (κ2) is 9.26. The van der Waals surface area contributed by atoms with Crippen LogP contribution in [0.2, 0.25) is 0 Å². The quantitative estimate of drug-likeness (QED) is 0.688. The molecule has 0 spiro atoms. The molecule has 0 unspecified atom stereocenters. The van der Waals surface area contributed by atoms with Gasteiger partial charge in [0.15, 0.2) is 6.10 Å². The van der Waals surface area contributed by atoms with Gasteiger partial charge in [-0.15, -0.1) is 23.5 Å². The topological polar surface area (TPSA) is 55.4 Å². The Kier molecular flexibility index (Phi) is 6.50. The largest absolute Gasteiger partial charge is 0.449 e. The first kappa shape index (κ1) is 20.4. The molecule has 1 amide bonds. The molecule has 6 heteroatoms. The summed E-state index contributed by atoms with van der Waals surface area (Å²) in [6.45, 7) is 1.63. The van der Waals surface area contributed by atoms with Crippen molar-refractivity contribution in [3.8, 4) is 0 Å². The number of thioether (sulfide) groups is 2. The van der Waals surface area contributed by atoms with Crippen LogP contribution in [0.15, 0.2) is 48.5 Å². The molecule has 4 rings (SSSR count). The number of carbonyl (C=O) groups is 2. The van der Waals surface area contributed by atoms with Crippen molar-refractivity contribution >= 4 is 35.4 Å². The van der Waals surface area contributed by atoms with E-state index in [1.807, 2.05) is 47.8 Å². The molecule has 0 radical (unpaired) electrons. The van der Waals surface area contributed by atoms with E-state index >= 15 is 0 Å². The Morgan fingerprint density at radius 2 is 1.79 bits per heavy atom. The van der Waals surface area contributed by atoms with Crippen molar-refractivity contribution in [2.75, 3.05) is 11.5 Å². The normalized spacial score (nSPS) is 20.0. The summed E-state index contributed by atoms with van der Waals surface area (Å²) in [5.41, 5.74) is 4.15. The summed E-state index contributed by atoms with van der Waals surface area (Å²) in [6.07, 6.45) is 2.15. The molecule has 0 bridgehead atoms. The molecule has 4 nitrogen and oxygen atoms in total. The van der Waals surface area contributed by atoms with Crippen LogP contribution in [0.1, 0.15) is 57.4 Å². The van der Waals surface area contributed by atoms with Gasteiger partial charge in [-0.3, -0.25) is 4.79 Å². The molecular weight excluding hydrogens is 402 g/mol. The standard InChI is InChI=1S/C23H25NO3S2/c1-15(21(25)24-20-8-4-6-16-5-2-3-7-19(16)20)27-22(26)17-9-11-18(12-10-17)23-28-13-14-29-23/h2-3,5,7,9-12,15,20,23H,4,6,8,13-14H2,1H3,(H,24,25)/t15-,20-/m1/s1. The summed E-state index contributed by atoms with van der Waals surface area (Å²) < 4.78 is 5.88. The molecule has 1 heterocycles. The first-order valence-corrected chi connectivity index (χ1v) is 12.1. The maximum atomic E-state index is 12.6. The zero-order valence-corrected chi connectivity index (χ0v) is 18.1. The number of hydrogen-bond acceptors (Lipinski definition) is 5. The van der Waals surface area contributed by atoms with Crippen LogP contribution in [0.5, 0.6) is 0 Å². The highest BCUT2D eigenvalue weighted by Crippen LogP contribution is 2.45. The lowest BCUT2D eigenvalue weighted by Gasteiger charge is -2.27. The first-order valence-electron chi connectivity index (χ1n) is 10.0. The lowest BCUT2D eigenvalue weighted by atomic mass is 9.87. The Hall–Kier alpha value is -1.92. The minimum absolute atomic E-state index is 0.0192. The van der Waals surface area contributed by atoms with Crippen molar-refractivity contribution in [3.05, 3.63) is 70.8 Å². The number of benzene rings is 2. The third-order valence-electron chi connectivity index (χ3n) is 5.38. The van der Waals surface area contributed by atoms with E-state index in [-0.39, 0.29) is 11.9 Å². The summed E-state index contributed by atoms with van der Waals surface area (Å²) in [5, 5.41) is 3.06. The number of hydrogen-bond donors (Lipinski definition) is 1. The molecule has 2 atom stereocenters. The molecule has 2 aliphatic rings. The van der Waals surface area contributed by atoms with Crippen molar-refractivity contribution in [2.24, 2.45) is 0 Å². The van der Waals surface area contributed by atoms with Gasteiger partial charge in [0.1, 0.15) is 0 Å². The van der Waals surface area contributed by atoms with Crippen LogP contribution in [0, 0.1) is 0 Å². The van der Waals surface area contributed by atoms with Crippen LogP contribution in [-0.2, 0) is 16.0 Å². The van der Waals surface area contributed by atoms with E-state index in [4.69, 9.17) is 4.74 Å². The van der Waals surface area contributed by atoms with E-state index in [2.05, 4.69) is 17.4 Å². The fraction of sp³-hybridized carbons (Fsp3) is 0.391. The lowest BCUT2D eigenvalue weighted by molar-refractivity contribution is -0.130. The maximum absolute atomic E-state index is 12.6. The van der Waals surface area contributed by atoms with Crippen LogP contribution in [0.4, 0.5) is 0 Å². The fourth-order valence-electron chi connectivity index (χ4n) is 3.80. The molecule has 1 aliphatic heterocycles. The summed E-state index contributed by atoms with van der Waals surface area (Å²) in [6, 6.07) is 15.7. The molecule has 1 N–H and O–H groups in total. The minimum Gasteiger partial charge on any atom is -0.449 e. The number of esters is 1.